The van der Waals surface area contributed by atoms with E-state index in [0.29, 0.717) is 0 Å². The number of benzene rings is 2. The largest absolute Gasteiger partial charge is 0.374 e. The maximum absolute atomic E-state index is 4.11. The number of hydrogen-bond acceptors (Lipinski definition) is 2. The summed E-state index contributed by atoms with van der Waals surface area (Å²) in [5, 5.41) is 3.61. The summed E-state index contributed by atoms with van der Waals surface area (Å²) in [5.41, 5.74) is 4.83. The van der Waals surface area contributed by atoms with Crippen molar-refractivity contribution in [3.05, 3.63) is 95.8 Å². The molecule has 1 heterocycles. The van der Waals surface area contributed by atoms with Gasteiger partial charge in [-0.05, 0) is 42.3 Å². The highest BCUT2D eigenvalue weighted by atomic mass is 14.9. The van der Waals surface area contributed by atoms with Crippen LogP contribution in [0.1, 0.15) is 22.7 Å². The van der Waals surface area contributed by atoms with Crippen molar-refractivity contribution in [2.75, 3.05) is 5.32 Å². The quantitative estimate of drug-likeness (QED) is 0.752. The number of aromatic nitrogens is 1. The lowest BCUT2D eigenvalue weighted by atomic mass is 9.99. The van der Waals surface area contributed by atoms with Crippen molar-refractivity contribution in [1.29, 1.82) is 0 Å². The highest BCUT2D eigenvalue weighted by Crippen LogP contribution is 2.26. The molecule has 1 atom stereocenters. The third kappa shape index (κ3) is 3.29. The molecule has 0 aliphatic carbocycles. The molecule has 0 saturated heterocycles. The van der Waals surface area contributed by atoms with Gasteiger partial charge in [0.25, 0.3) is 0 Å². The van der Waals surface area contributed by atoms with Crippen molar-refractivity contribution in [3.63, 3.8) is 0 Å². The fraction of sp³-hybridized carbons (Fsp3) is 0.105. The summed E-state index contributed by atoms with van der Waals surface area (Å²) in [6, 6.07) is 23.2. The summed E-state index contributed by atoms with van der Waals surface area (Å²) in [5.74, 6) is 0. The molecule has 1 unspecified atom stereocenters. The SMILES string of the molecule is Cc1ccc(NC(c2ccccc2)c2ccncc2)cc1. The van der Waals surface area contributed by atoms with E-state index in [1.54, 1.807) is 0 Å². The van der Waals surface area contributed by atoms with E-state index in [-0.39, 0.29) is 6.04 Å². The summed E-state index contributed by atoms with van der Waals surface area (Å²) in [4.78, 5) is 4.11. The van der Waals surface area contributed by atoms with Crippen LogP contribution in [0.15, 0.2) is 79.1 Å². The van der Waals surface area contributed by atoms with Crippen LogP contribution in [0.5, 0.6) is 0 Å². The van der Waals surface area contributed by atoms with Crippen molar-refractivity contribution in [3.8, 4) is 0 Å². The third-order valence-corrected chi connectivity index (χ3v) is 3.53. The monoisotopic (exact) mass is 274 g/mol. The second-order valence-corrected chi connectivity index (χ2v) is 5.13. The number of anilines is 1. The Bertz CT molecular complexity index is 636. The molecule has 2 heteroatoms. The lowest BCUT2D eigenvalue weighted by molar-refractivity contribution is 0.934. The van der Waals surface area contributed by atoms with E-state index in [1.165, 1.54) is 16.7 Å². The smallest absolute Gasteiger partial charge is 0.0768 e. The molecular formula is C19H18N2. The average molecular weight is 274 g/mol. The number of aryl methyl sites for hydroxylation is 1. The zero-order chi connectivity index (χ0) is 14.5. The third-order valence-electron chi connectivity index (χ3n) is 3.53. The van der Waals surface area contributed by atoms with Gasteiger partial charge in [0, 0.05) is 18.1 Å². The Labute approximate surface area is 125 Å². The summed E-state index contributed by atoms with van der Waals surface area (Å²) in [6.07, 6.45) is 3.67. The maximum Gasteiger partial charge on any atom is 0.0768 e. The Morgan fingerprint density at radius 1 is 0.762 bits per heavy atom. The van der Waals surface area contributed by atoms with Gasteiger partial charge in [-0.15, -0.1) is 0 Å². The molecule has 2 aromatic carbocycles. The molecule has 0 spiro atoms. The van der Waals surface area contributed by atoms with E-state index >= 15 is 0 Å². The molecule has 0 saturated carbocycles. The Morgan fingerprint density at radius 3 is 2.05 bits per heavy atom. The summed E-state index contributed by atoms with van der Waals surface area (Å²) in [6.45, 7) is 2.10. The van der Waals surface area contributed by atoms with Crippen LogP contribution in [-0.4, -0.2) is 4.98 Å². The molecule has 0 bridgehead atoms. The molecule has 0 aliphatic heterocycles. The van der Waals surface area contributed by atoms with Crippen LogP contribution in [0.2, 0.25) is 0 Å². The van der Waals surface area contributed by atoms with Gasteiger partial charge in [-0.2, -0.15) is 0 Å². The van der Waals surface area contributed by atoms with Gasteiger partial charge < -0.3 is 5.32 Å². The highest BCUT2D eigenvalue weighted by molar-refractivity contribution is 5.49. The van der Waals surface area contributed by atoms with Crippen molar-refractivity contribution in [2.24, 2.45) is 0 Å². The van der Waals surface area contributed by atoms with E-state index < -0.39 is 0 Å². The Hall–Kier alpha value is -2.61. The van der Waals surface area contributed by atoms with Gasteiger partial charge in [-0.1, -0.05) is 48.0 Å². The molecule has 1 N–H and O–H groups in total. The molecule has 0 amide bonds. The predicted octanol–water partition coefficient (Wildman–Crippen LogP) is 4.59. The Morgan fingerprint density at radius 2 is 1.38 bits per heavy atom. The topological polar surface area (TPSA) is 24.9 Å². The second-order valence-electron chi connectivity index (χ2n) is 5.13. The minimum atomic E-state index is 0.122. The van der Waals surface area contributed by atoms with Crippen LogP contribution in [0.4, 0.5) is 5.69 Å². The number of pyridine rings is 1. The summed E-state index contributed by atoms with van der Waals surface area (Å²) in [7, 11) is 0. The van der Waals surface area contributed by atoms with Gasteiger partial charge in [-0.25, -0.2) is 0 Å². The Kier molecular flexibility index (Phi) is 3.97. The van der Waals surface area contributed by atoms with E-state index in [0.717, 1.165) is 5.69 Å². The Balaban J connectivity index is 1.95. The van der Waals surface area contributed by atoms with Crippen molar-refractivity contribution in [2.45, 2.75) is 13.0 Å². The molecular weight excluding hydrogens is 256 g/mol. The van der Waals surface area contributed by atoms with E-state index in [1.807, 2.05) is 18.5 Å². The summed E-state index contributed by atoms with van der Waals surface area (Å²) < 4.78 is 0. The predicted molar refractivity (Wildman–Crippen MR) is 87.3 cm³/mol. The fourth-order valence-electron chi connectivity index (χ4n) is 2.38. The molecule has 2 nitrogen and oxygen atoms in total. The zero-order valence-corrected chi connectivity index (χ0v) is 12.0. The van der Waals surface area contributed by atoms with Gasteiger partial charge in [0.15, 0.2) is 0 Å². The van der Waals surface area contributed by atoms with Crippen LogP contribution in [0.3, 0.4) is 0 Å². The standard InChI is InChI=1S/C19H18N2/c1-15-7-9-18(10-8-15)21-19(16-5-3-2-4-6-16)17-11-13-20-14-12-17/h2-14,19,21H,1H3. The minimum absolute atomic E-state index is 0.122. The first kappa shape index (κ1) is 13.4. The van der Waals surface area contributed by atoms with Gasteiger partial charge >= 0.3 is 0 Å². The first-order valence-corrected chi connectivity index (χ1v) is 7.11. The molecule has 21 heavy (non-hydrogen) atoms. The normalized spacial score (nSPS) is 11.9. The number of rotatable bonds is 4. The maximum atomic E-state index is 4.11. The molecule has 0 radical (unpaired) electrons. The van der Waals surface area contributed by atoms with Crippen LogP contribution in [-0.2, 0) is 0 Å². The van der Waals surface area contributed by atoms with E-state index in [9.17, 15) is 0 Å². The lowest BCUT2D eigenvalue weighted by Crippen LogP contribution is -2.12. The molecule has 3 rings (SSSR count). The van der Waals surface area contributed by atoms with Crippen LogP contribution in [0, 0.1) is 6.92 Å². The average Bonchev–Trinajstić information content (AvgIpc) is 2.56. The number of hydrogen-bond donors (Lipinski definition) is 1. The first-order chi connectivity index (χ1) is 10.3. The molecule has 1 aromatic heterocycles. The number of nitrogens with zero attached hydrogens (tertiary/aromatic N) is 1. The molecule has 0 fully saturated rings. The summed E-state index contributed by atoms with van der Waals surface area (Å²) >= 11 is 0. The van der Waals surface area contributed by atoms with Crippen LogP contribution < -0.4 is 5.32 Å². The first-order valence-electron chi connectivity index (χ1n) is 7.11. The molecule has 0 aliphatic rings. The van der Waals surface area contributed by atoms with Crippen molar-refractivity contribution in [1.82, 2.24) is 4.98 Å². The van der Waals surface area contributed by atoms with E-state index in [4.69, 9.17) is 0 Å². The second kappa shape index (κ2) is 6.23. The van der Waals surface area contributed by atoms with Gasteiger partial charge in [0.05, 0.1) is 6.04 Å². The van der Waals surface area contributed by atoms with Gasteiger partial charge in [-0.3, -0.25) is 4.98 Å². The van der Waals surface area contributed by atoms with Crippen molar-refractivity contribution >= 4 is 5.69 Å². The van der Waals surface area contributed by atoms with Crippen LogP contribution >= 0.6 is 0 Å². The fourth-order valence-corrected chi connectivity index (χ4v) is 2.38. The number of nitrogens with one attached hydrogen (secondary N) is 1. The minimum Gasteiger partial charge on any atom is -0.374 e. The van der Waals surface area contributed by atoms with Crippen molar-refractivity contribution < 1.29 is 0 Å². The highest BCUT2D eigenvalue weighted by Gasteiger charge is 2.13. The van der Waals surface area contributed by atoms with Crippen LogP contribution in [0.25, 0.3) is 0 Å². The zero-order valence-electron chi connectivity index (χ0n) is 12.0. The molecule has 3 aromatic rings. The van der Waals surface area contributed by atoms with Gasteiger partial charge in [0.2, 0.25) is 0 Å². The molecule has 104 valence electrons. The lowest BCUT2D eigenvalue weighted by Gasteiger charge is -2.21. The van der Waals surface area contributed by atoms with Gasteiger partial charge in [0.1, 0.15) is 0 Å². The van der Waals surface area contributed by atoms with E-state index in [2.05, 4.69) is 77.9 Å².